The molecule has 0 aliphatic heterocycles. The highest BCUT2D eigenvalue weighted by Crippen LogP contribution is 2.20. The van der Waals surface area contributed by atoms with Crippen LogP contribution in [0.25, 0.3) is 11.0 Å². The van der Waals surface area contributed by atoms with Crippen LogP contribution in [0.5, 0.6) is 0 Å². The summed E-state index contributed by atoms with van der Waals surface area (Å²) in [5.41, 5.74) is 2.34. The van der Waals surface area contributed by atoms with Crippen molar-refractivity contribution < 1.29 is 14.0 Å². The molecule has 0 aliphatic carbocycles. The van der Waals surface area contributed by atoms with E-state index in [0.717, 1.165) is 5.39 Å². The molecule has 0 spiro atoms. The van der Waals surface area contributed by atoms with Crippen molar-refractivity contribution in [1.82, 2.24) is 5.32 Å². The molecule has 8 heteroatoms. The van der Waals surface area contributed by atoms with E-state index >= 15 is 0 Å². The van der Waals surface area contributed by atoms with Crippen LogP contribution < -0.4 is 16.0 Å². The summed E-state index contributed by atoms with van der Waals surface area (Å²) in [5, 5.41) is 9.87. The largest absolute Gasteiger partial charge is 0.451 e. The Labute approximate surface area is 188 Å². The molecular formula is C23H16ClN3O3S. The summed E-state index contributed by atoms with van der Waals surface area (Å²) in [6.07, 6.45) is 0. The Kier molecular flexibility index (Phi) is 5.97. The Balaban J connectivity index is 1.34. The summed E-state index contributed by atoms with van der Waals surface area (Å²) in [4.78, 5) is 24.6. The molecule has 4 rings (SSSR count). The molecule has 4 aromatic rings. The summed E-state index contributed by atoms with van der Waals surface area (Å²) in [5.74, 6) is -0.457. The molecule has 0 unspecified atom stereocenters. The fourth-order valence-electron chi connectivity index (χ4n) is 2.86. The average Bonchev–Trinajstić information content (AvgIpc) is 3.20. The number of para-hydroxylation sites is 1. The van der Waals surface area contributed by atoms with E-state index in [-0.39, 0.29) is 22.7 Å². The molecule has 3 N–H and O–H groups in total. The number of fused-ring (bicyclic) bond motifs is 1. The molecule has 0 fully saturated rings. The SMILES string of the molecule is O=C(NC(=S)Nc1ccc(NC(=O)c2cc3ccccc3o2)cc1)c1ccc(Cl)cc1. The number of carbonyl (C=O) groups excluding carboxylic acids is 2. The van der Waals surface area contributed by atoms with Crippen molar-refractivity contribution in [3.05, 3.63) is 95.2 Å². The van der Waals surface area contributed by atoms with Gasteiger partial charge < -0.3 is 15.1 Å². The zero-order valence-corrected chi connectivity index (χ0v) is 17.6. The highest BCUT2D eigenvalue weighted by molar-refractivity contribution is 7.80. The normalized spacial score (nSPS) is 10.5. The molecule has 31 heavy (non-hydrogen) atoms. The van der Waals surface area contributed by atoms with Gasteiger partial charge in [-0.25, -0.2) is 0 Å². The second-order valence-corrected chi connectivity index (χ2v) is 7.44. The summed E-state index contributed by atoms with van der Waals surface area (Å²) in [6.45, 7) is 0. The van der Waals surface area contributed by atoms with E-state index in [0.29, 0.717) is 27.5 Å². The maximum Gasteiger partial charge on any atom is 0.291 e. The van der Waals surface area contributed by atoms with Crippen molar-refractivity contribution in [3.8, 4) is 0 Å². The van der Waals surface area contributed by atoms with Gasteiger partial charge in [0.25, 0.3) is 11.8 Å². The van der Waals surface area contributed by atoms with Crippen molar-refractivity contribution in [2.45, 2.75) is 0 Å². The zero-order chi connectivity index (χ0) is 21.8. The van der Waals surface area contributed by atoms with Gasteiger partial charge in [-0.15, -0.1) is 0 Å². The first-order valence-electron chi connectivity index (χ1n) is 9.26. The van der Waals surface area contributed by atoms with Crippen molar-refractivity contribution in [2.24, 2.45) is 0 Å². The third-order valence-electron chi connectivity index (χ3n) is 4.38. The molecule has 0 aliphatic rings. The Morgan fingerprint density at radius 1 is 0.806 bits per heavy atom. The molecule has 1 heterocycles. The van der Waals surface area contributed by atoms with Crippen LogP contribution >= 0.6 is 23.8 Å². The minimum atomic E-state index is -0.345. The van der Waals surface area contributed by atoms with Gasteiger partial charge in [-0.3, -0.25) is 14.9 Å². The van der Waals surface area contributed by atoms with Gasteiger partial charge in [0.2, 0.25) is 0 Å². The second kappa shape index (κ2) is 8.99. The van der Waals surface area contributed by atoms with Crippen LogP contribution in [0.1, 0.15) is 20.9 Å². The molecule has 0 saturated heterocycles. The molecule has 3 aromatic carbocycles. The number of nitrogens with one attached hydrogen (secondary N) is 3. The van der Waals surface area contributed by atoms with Crippen molar-refractivity contribution in [3.63, 3.8) is 0 Å². The van der Waals surface area contributed by atoms with E-state index in [1.54, 1.807) is 60.7 Å². The Hall–Kier alpha value is -3.68. The van der Waals surface area contributed by atoms with Crippen molar-refractivity contribution in [1.29, 1.82) is 0 Å². The summed E-state index contributed by atoms with van der Waals surface area (Å²) in [6, 6.07) is 22.5. The fraction of sp³-hybridized carbons (Fsp3) is 0. The van der Waals surface area contributed by atoms with Gasteiger partial charge in [-0.1, -0.05) is 29.8 Å². The monoisotopic (exact) mass is 449 g/mol. The predicted molar refractivity (Wildman–Crippen MR) is 126 cm³/mol. The second-order valence-electron chi connectivity index (χ2n) is 6.60. The Morgan fingerprint density at radius 2 is 1.45 bits per heavy atom. The summed E-state index contributed by atoms with van der Waals surface area (Å²) >= 11 is 11.0. The van der Waals surface area contributed by atoms with Crippen LogP contribution in [0, 0.1) is 0 Å². The van der Waals surface area contributed by atoms with E-state index in [4.69, 9.17) is 28.2 Å². The van der Waals surface area contributed by atoms with Crippen LogP contribution in [0.2, 0.25) is 5.02 Å². The average molecular weight is 450 g/mol. The molecular weight excluding hydrogens is 434 g/mol. The number of hydrogen-bond donors (Lipinski definition) is 3. The molecule has 154 valence electrons. The number of furan rings is 1. The quantitative estimate of drug-likeness (QED) is 0.360. The Bertz CT molecular complexity index is 1230. The zero-order valence-electron chi connectivity index (χ0n) is 16.0. The molecule has 0 saturated carbocycles. The van der Waals surface area contributed by atoms with E-state index in [2.05, 4.69) is 16.0 Å². The van der Waals surface area contributed by atoms with Gasteiger partial charge in [0.15, 0.2) is 10.9 Å². The first-order valence-corrected chi connectivity index (χ1v) is 10.0. The van der Waals surface area contributed by atoms with Crippen molar-refractivity contribution in [2.75, 3.05) is 10.6 Å². The summed E-state index contributed by atoms with van der Waals surface area (Å²) < 4.78 is 5.57. The number of halogens is 1. The third-order valence-corrected chi connectivity index (χ3v) is 4.84. The molecule has 0 radical (unpaired) electrons. The lowest BCUT2D eigenvalue weighted by Gasteiger charge is -2.10. The van der Waals surface area contributed by atoms with E-state index < -0.39 is 0 Å². The van der Waals surface area contributed by atoms with E-state index in [1.807, 2.05) is 18.2 Å². The number of rotatable bonds is 4. The van der Waals surface area contributed by atoms with Crippen LogP contribution in [-0.2, 0) is 0 Å². The lowest BCUT2D eigenvalue weighted by Crippen LogP contribution is -2.34. The minimum Gasteiger partial charge on any atom is -0.451 e. The number of anilines is 2. The smallest absolute Gasteiger partial charge is 0.291 e. The lowest BCUT2D eigenvalue weighted by molar-refractivity contribution is 0.0975. The van der Waals surface area contributed by atoms with Crippen molar-refractivity contribution >= 4 is 63.1 Å². The maximum absolute atomic E-state index is 12.4. The first-order chi connectivity index (χ1) is 15.0. The van der Waals surface area contributed by atoms with E-state index in [1.165, 1.54) is 0 Å². The van der Waals surface area contributed by atoms with Crippen LogP contribution in [0.3, 0.4) is 0 Å². The topological polar surface area (TPSA) is 83.4 Å². The minimum absolute atomic E-state index is 0.152. The fourth-order valence-corrected chi connectivity index (χ4v) is 3.20. The number of hydrogen-bond acceptors (Lipinski definition) is 4. The predicted octanol–water partition coefficient (Wildman–Crippen LogP) is 5.47. The first kappa shape index (κ1) is 20.6. The number of benzene rings is 3. The van der Waals surface area contributed by atoms with Gasteiger partial charge in [-0.05, 0) is 72.9 Å². The molecule has 2 amide bonds. The van der Waals surface area contributed by atoms with Crippen LogP contribution in [0.4, 0.5) is 11.4 Å². The lowest BCUT2D eigenvalue weighted by atomic mass is 10.2. The highest BCUT2D eigenvalue weighted by atomic mass is 35.5. The van der Waals surface area contributed by atoms with Gasteiger partial charge in [0.1, 0.15) is 5.58 Å². The summed E-state index contributed by atoms with van der Waals surface area (Å²) in [7, 11) is 0. The number of carbonyl (C=O) groups is 2. The maximum atomic E-state index is 12.4. The number of thiocarbonyl (C=S) groups is 1. The molecule has 1 aromatic heterocycles. The third kappa shape index (κ3) is 5.09. The van der Waals surface area contributed by atoms with Gasteiger partial charge in [0, 0.05) is 27.3 Å². The highest BCUT2D eigenvalue weighted by Gasteiger charge is 2.12. The van der Waals surface area contributed by atoms with Gasteiger partial charge in [-0.2, -0.15) is 0 Å². The molecule has 6 nitrogen and oxygen atoms in total. The van der Waals surface area contributed by atoms with E-state index in [9.17, 15) is 9.59 Å². The standard InChI is InChI=1S/C23H16ClN3O3S/c24-16-7-5-14(6-8-16)21(28)27-23(31)26-18-11-9-17(10-12-18)25-22(29)20-13-15-3-1-2-4-19(15)30-20/h1-13H,(H,25,29)(H2,26,27,28,31). The molecule has 0 atom stereocenters. The van der Waals surface area contributed by atoms with Gasteiger partial charge in [0.05, 0.1) is 0 Å². The van der Waals surface area contributed by atoms with Crippen LogP contribution in [0.15, 0.2) is 83.3 Å². The number of amides is 2. The van der Waals surface area contributed by atoms with Gasteiger partial charge >= 0.3 is 0 Å². The molecule has 0 bridgehead atoms. The Morgan fingerprint density at radius 3 is 2.13 bits per heavy atom. The van der Waals surface area contributed by atoms with Crippen LogP contribution in [-0.4, -0.2) is 16.9 Å².